The molecule has 1 aliphatic rings. The standard InChI is InChI=1S/C27H29NO6S/c1-4-17(11-14-25(29)30)18-7-5-8-19(15-18)27-22-16-20(28-35(3,31)32)12-13-21(22)26-23(33-2)9-6-10-24(26)34-27/h5-10,12-13,15-17,27-28H,4,11,14H2,1-3H3,(H,29,30). The van der Waals surface area contributed by atoms with E-state index in [2.05, 4.69) is 17.7 Å². The molecule has 2 unspecified atom stereocenters. The summed E-state index contributed by atoms with van der Waals surface area (Å²) in [6, 6.07) is 19.0. The number of fused-ring (bicyclic) bond motifs is 3. The van der Waals surface area contributed by atoms with Crippen molar-refractivity contribution in [2.24, 2.45) is 0 Å². The molecule has 184 valence electrons. The zero-order valence-corrected chi connectivity index (χ0v) is 20.8. The number of sulfonamides is 1. The van der Waals surface area contributed by atoms with Crippen molar-refractivity contribution in [2.75, 3.05) is 18.1 Å². The van der Waals surface area contributed by atoms with E-state index in [9.17, 15) is 13.2 Å². The van der Waals surface area contributed by atoms with Gasteiger partial charge in [-0.25, -0.2) is 8.42 Å². The van der Waals surface area contributed by atoms with Crippen LogP contribution in [0.4, 0.5) is 5.69 Å². The molecule has 0 fully saturated rings. The van der Waals surface area contributed by atoms with E-state index in [1.807, 2.05) is 42.5 Å². The number of anilines is 1. The van der Waals surface area contributed by atoms with Gasteiger partial charge in [-0.2, -0.15) is 0 Å². The van der Waals surface area contributed by atoms with E-state index in [1.54, 1.807) is 19.2 Å². The summed E-state index contributed by atoms with van der Waals surface area (Å²) in [5.74, 6) is 0.647. The van der Waals surface area contributed by atoms with Crippen LogP contribution >= 0.6 is 0 Å². The number of methoxy groups -OCH3 is 1. The summed E-state index contributed by atoms with van der Waals surface area (Å²) in [5, 5.41) is 9.14. The quantitative estimate of drug-likeness (QED) is 0.402. The highest BCUT2D eigenvalue weighted by molar-refractivity contribution is 7.92. The molecule has 0 saturated carbocycles. The second-order valence-electron chi connectivity index (χ2n) is 8.72. The number of carboxylic acids is 1. The van der Waals surface area contributed by atoms with Gasteiger partial charge in [-0.3, -0.25) is 9.52 Å². The van der Waals surface area contributed by atoms with Crippen LogP contribution in [0.5, 0.6) is 11.5 Å². The maximum atomic E-state index is 11.9. The molecule has 4 rings (SSSR count). The minimum absolute atomic E-state index is 0.110. The van der Waals surface area contributed by atoms with Crippen molar-refractivity contribution in [3.8, 4) is 22.6 Å². The van der Waals surface area contributed by atoms with Gasteiger partial charge < -0.3 is 14.6 Å². The second-order valence-corrected chi connectivity index (χ2v) is 10.5. The number of carbonyl (C=O) groups is 1. The van der Waals surface area contributed by atoms with Gasteiger partial charge in [0.05, 0.1) is 18.9 Å². The monoisotopic (exact) mass is 495 g/mol. The van der Waals surface area contributed by atoms with E-state index >= 15 is 0 Å². The smallest absolute Gasteiger partial charge is 0.303 e. The molecule has 8 heteroatoms. The van der Waals surface area contributed by atoms with Gasteiger partial charge in [-0.1, -0.05) is 43.3 Å². The molecule has 2 N–H and O–H groups in total. The van der Waals surface area contributed by atoms with Crippen LogP contribution in [-0.4, -0.2) is 32.9 Å². The number of hydrogen-bond donors (Lipinski definition) is 2. The molecule has 1 aliphatic heterocycles. The first-order valence-electron chi connectivity index (χ1n) is 11.5. The zero-order chi connectivity index (χ0) is 25.2. The Balaban J connectivity index is 1.82. The lowest BCUT2D eigenvalue weighted by atomic mass is 9.86. The molecule has 0 bridgehead atoms. The molecule has 3 aromatic rings. The van der Waals surface area contributed by atoms with E-state index in [1.165, 1.54) is 0 Å². The van der Waals surface area contributed by atoms with Crippen LogP contribution in [0.3, 0.4) is 0 Å². The molecule has 2 atom stereocenters. The van der Waals surface area contributed by atoms with Gasteiger partial charge in [0.15, 0.2) is 0 Å². The van der Waals surface area contributed by atoms with Crippen LogP contribution in [0, 0.1) is 0 Å². The highest BCUT2D eigenvalue weighted by atomic mass is 32.2. The van der Waals surface area contributed by atoms with E-state index in [0.717, 1.165) is 40.5 Å². The lowest BCUT2D eigenvalue weighted by Crippen LogP contribution is -2.17. The van der Waals surface area contributed by atoms with Gasteiger partial charge in [0, 0.05) is 17.7 Å². The third-order valence-electron chi connectivity index (χ3n) is 6.24. The van der Waals surface area contributed by atoms with Crippen LogP contribution < -0.4 is 14.2 Å². The van der Waals surface area contributed by atoms with Gasteiger partial charge >= 0.3 is 5.97 Å². The first-order chi connectivity index (χ1) is 16.7. The minimum Gasteiger partial charge on any atom is -0.496 e. The van der Waals surface area contributed by atoms with Crippen molar-refractivity contribution >= 4 is 21.7 Å². The average Bonchev–Trinajstić information content (AvgIpc) is 2.82. The van der Waals surface area contributed by atoms with Crippen molar-refractivity contribution in [3.63, 3.8) is 0 Å². The molecule has 1 heterocycles. The van der Waals surface area contributed by atoms with Crippen LogP contribution in [0.2, 0.25) is 0 Å². The number of hydrogen-bond acceptors (Lipinski definition) is 5. The zero-order valence-electron chi connectivity index (χ0n) is 19.9. The summed E-state index contributed by atoms with van der Waals surface area (Å²) >= 11 is 0. The lowest BCUT2D eigenvalue weighted by Gasteiger charge is -2.31. The molecule has 0 aromatic heterocycles. The van der Waals surface area contributed by atoms with Crippen molar-refractivity contribution in [1.82, 2.24) is 0 Å². The largest absolute Gasteiger partial charge is 0.496 e. The fourth-order valence-electron chi connectivity index (χ4n) is 4.65. The van der Waals surface area contributed by atoms with Crippen LogP contribution in [0.1, 0.15) is 54.9 Å². The van der Waals surface area contributed by atoms with Gasteiger partial charge in [0.25, 0.3) is 0 Å². The Labute approximate surface area is 205 Å². The topological polar surface area (TPSA) is 102 Å². The molecule has 0 spiro atoms. The second kappa shape index (κ2) is 10.00. The molecule has 0 aliphatic carbocycles. The van der Waals surface area contributed by atoms with E-state index in [4.69, 9.17) is 14.6 Å². The van der Waals surface area contributed by atoms with Crippen molar-refractivity contribution in [3.05, 3.63) is 77.4 Å². The Morgan fingerprint density at radius 2 is 1.91 bits per heavy atom. The predicted octanol–water partition coefficient (Wildman–Crippen LogP) is 5.57. The Bertz CT molecular complexity index is 1350. The lowest BCUT2D eigenvalue weighted by molar-refractivity contribution is -0.137. The highest BCUT2D eigenvalue weighted by Crippen LogP contribution is 2.49. The van der Waals surface area contributed by atoms with Crippen molar-refractivity contribution in [1.29, 1.82) is 0 Å². The highest BCUT2D eigenvalue weighted by Gasteiger charge is 2.30. The number of ether oxygens (including phenoxy) is 2. The number of rotatable bonds is 9. The van der Waals surface area contributed by atoms with Gasteiger partial charge in [0.1, 0.15) is 17.6 Å². The normalized spacial score (nSPS) is 15.3. The molecule has 0 amide bonds. The number of benzene rings is 3. The summed E-state index contributed by atoms with van der Waals surface area (Å²) < 4.78 is 38.4. The Morgan fingerprint density at radius 3 is 2.60 bits per heavy atom. The molecular formula is C27H29NO6S. The van der Waals surface area contributed by atoms with Crippen LogP contribution in [0.15, 0.2) is 60.7 Å². The van der Waals surface area contributed by atoms with Gasteiger partial charge in [-0.15, -0.1) is 0 Å². The Morgan fingerprint density at radius 1 is 1.14 bits per heavy atom. The first-order valence-corrected chi connectivity index (χ1v) is 13.4. The molecule has 35 heavy (non-hydrogen) atoms. The van der Waals surface area contributed by atoms with Crippen molar-refractivity contribution in [2.45, 2.75) is 38.2 Å². The Kier molecular flexibility index (Phi) is 7.03. The number of carboxylic acid groups (broad SMARTS) is 1. The molecule has 7 nitrogen and oxygen atoms in total. The van der Waals surface area contributed by atoms with E-state index in [-0.39, 0.29) is 12.3 Å². The maximum absolute atomic E-state index is 11.9. The van der Waals surface area contributed by atoms with Gasteiger partial charge in [0.2, 0.25) is 10.0 Å². The summed E-state index contributed by atoms with van der Waals surface area (Å²) in [4.78, 5) is 11.1. The van der Waals surface area contributed by atoms with Gasteiger partial charge in [-0.05, 0) is 59.7 Å². The average molecular weight is 496 g/mol. The number of nitrogens with one attached hydrogen (secondary N) is 1. The third kappa shape index (κ3) is 5.43. The molecular weight excluding hydrogens is 466 g/mol. The third-order valence-corrected chi connectivity index (χ3v) is 6.85. The summed E-state index contributed by atoms with van der Waals surface area (Å²) in [6.45, 7) is 2.05. The molecule has 0 saturated heterocycles. The summed E-state index contributed by atoms with van der Waals surface area (Å²) in [6.07, 6.45) is 2.12. The molecule has 3 aromatic carbocycles. The molecule has 0 radical (unpaired) electrons. The summed E-state index contributed by atoms with van der Waals surface area (Å²) in [5.41, 5.74) is 4.93. The SMILES string of the molecule is CCC(CCC(=O)O)c1cccc(C2Oc3cccc(OC)c3-c3ccc(NS(C)(=O)=O)cc32)c1. The van der Waals surface area contributed by atoms with Crippen LogP contribution in [0.25, 0.3) is 11.1 Å². The predicted molar refractivity (Wildman–Crippen MR) is 136 cm³/mol. The van der Waals surface area contributed by atoms with E-state index < -0.39 is 22.1 Å². The number of aliphatic carboxylic acids is 1. The van der Waals surface area contributed by atoms with Crippen molar-refractivity contribution < 1.29 is 27.8 Å². The maximum Gasteiger partial charge on any atom is 0.303 e. The summed E-state index contributed by atoms with van der Waals surface area (Å²) in [7, 11) is -1.85. The van der Waals surface area contributed by atoms with Crippen LogP contribution in [-0.2, 0) is 14.8 Å². The minimum atomic E-state index is -3.46. The fourth-order valence-corrected chi connectivity index (χ4v) is 5.20. The Hall–Kier alpha value is -3.52. The first kappa shape index (κ1) is 24.6. The van der Waals surface area contributed by atoms with E-state index in [0.29, 0.717) is 23.6 Å². The fraction of sp³-hybridized carbons (Fsp3) is 0.296.